The van der Waals surface area contributed by atoms with E-state index >= 15 is 0 Å². The fraction of sp³-hybridized carbons (Fsp3) is 0.368. The van der Waals surface area contributed by atoms with Crippen molar-refractivity contribution in [3.05, 3.63) is 53.7 Å². The fourth-order valence-corrected chi connectivity index (χ4v) is 3.37. The predicted molar refractivity (Wildman–Crippen MR) is 99.2 cm³/mol. The van der Waals surface area contributed by atoms with Crippen LogP contribution in [0.1, 0.15) is 41.1 Å². The van der Waals surface area contributed by atoms with E-state index in [0.717, 1.165) is 30.4 Å². The largest absolute Gasteiger partial charge is 0.345 e. The van der Waals surface area contributed by atoms with E-state index in [2.05, 4.69) is 25.2 Å². The molecule has 0 saturated carbocycles. The molecule has 1 amide bonds. The van der Waals surface area contributed by atoms with Crippen LogP contribution >= 0.6 is 0 Å². The van der Waals surface area contributed by atoms with E-state index in [0.29, 0.717) is 17.9 Å². The number of carbonyl (C=O) groups excluding carboxylic acids is 1. The molecule has 7 nitrogen and oxygen atoms in total. The van der Waals surface area contributed by atoms with Gasteiger partial charge in [-0.1, -0.05) is 6.07 Å². The van der Waals surface area contributed by atoms with Crippen molar-refractivity contribution in [2.24, 2.45) is 0 Å². The molecule has 0 unspecified atom stereocenters. The Balaban J connectivity index is 1.48. The minimum atomic E-state index is -0.153. The SMILES string of the molecule is Cc1nc2ccccn2c1C(=O)NCc1ccnc(N2CCCCC2)n1. The smallest absolute Gasteiger partial charge is 0.270 e. The summed E-state index contributed by atoms with van der Waals surface area (Å²) in [6.07, 6.45) is 7.24. The summed E-state index contributed by atoms with van der Waals surface area (Å²) in [6, 6.07) is 7.53. The average molecular weight is 350 g/mol. The number of pyridine rings is 1. The molecular formula is C19H22N6O. The summed E-state index contributed by atoms with van der Waals surface area (Å²) >= 11 is 0. The summed E-state index contributed by atoms with van der Waals surface area (Å²) < 4.78 is 1.81. The molecule has 0 bridgehead atoms. The first-order valence-electron chi connectivity index (χ1n) is 9.01. The van der Waals surface area contributed by atoms with Gasteiger partial charge in [-0.05, 0) is 44.4 Å². The van der Waals surface area contributed by atoms with Crippen LogP contribution < -0.4 is 10.2 Å². The Morgan fingerprint density at radius 3 is 2.85 bits per heavy atom. The zero-order chi connectivity index (χ0) is 17.9. The summed E-state index contributed by atoms with van der Waals surface area (Å²) in [5, 5.41) is 2.96. The molecule has 1 aliphatic rings. The van der Waals surface area contributed by atoms with Crippen LogP contribution in [0, 0.1) is 6.92 Å². The molecule has 1 fully saturated rings. The Labute approximate surface area is 152 Å². The molecule has 134 valence electrons. The highest BCUT2D eigenvalue weighted by Gasteiger charge is 2.17. The first kappa shape index (κ1) is 16.5. The van der Waals surface area contributed by atoms with E-state index in [1.807, 2.05) is 41.8 Å². The second-order valence-corrected chi connectivity index (χ2v) is 6.55. The molecule has 0 aliphatic carbocycles. The average Bonchev–Trinajstić information content (AvgIpc) is 3.03. The topological polar surface area (TPSA) is 75.4 Å². The zero-order valence-electron chi connectivity index (χ0n) is 14.9. The number of rotatable bonds is 4. The van der Waals surface area contributed by atoms with Gasteiger partial charge in [-0.25, -0.2) is 15.0 Å². The Bertz CT molecular complexity index is 929. The lowest BCUT2D eigenvalue weighted by atomic mass is 10.1. The molecule has 0 radical (unpaired) electrons. The Hall–Kier alpha value is -2.96. The molecule has 3 aromatic rings. The number of imidazole rings is 1. The summed E-state index contributed by atoms with van der Waals surface area (Å²) in [5.41, 5.74) is 2.85. The third kappa shape index (κ3) is 3.24. The third-order valence-electron chi connectivity index (χ3n) is 4.69. The number of nitrogens with one attached hydrogen (secondary N) is 1. The number of hydrogen-bond donors (Lipinski definition) is 1. The fourth-order valence-electron chi connectivity index (χ4n) is 3.37. The lowest BCUT2D eigenvalue weighted by Gasteiger charge is -2.26. The Kier molecular flexibility index (Phi) is 4.51. The molecule has 4 rings (SSSR count). The molecular weight excluding hydrogens is 328 g/mol. The van der Waals surface area contributed by atoms with Crippen LogP contribution in [0.5, 0.6) is 0 Å². The van der Waals surface area contributed by atoms with Gasteiger partial charge in [0, 0.05) is 25.5 Å². The van der Waals surface area contributed by atoms with Crippen LogP contribution in [0.15, 0.2) is 36.7 Å². The van der Waals surface area contributed by atoms with E-state index in [9.17, 15) is 4.79 Å². The van der Waals surface area contributed by atoms with Crippen molar-refractivity contribution in [1.29, 1.82) is 0 Å². The van der Waals surface area contributed by atoms with E-state index in [1.165, 1.54) is 19.3 Å². The molecule has 1 aliphatic heterocycles. The first-order valence-corrected chi connectivity index (χ1v) is 9.01. The predicted octanol–water partition coefficient (Wildman–Crippen LogP) is 2.35. The molecule has 3 aromatic heterocycles. The van der Waals surface area contributed by atoms with Gasteiger partial charge in [-0.2, -0.15) is 0 Å². The quantitative estimate of drug-likeness (QED) is 0.782. The molecule has 26 heavy (non-hydrogen) atoms. The number of anilines is 1. The molecule has 0 atom stereocenters. The highest BCUT2D eigenvalue weighted by Crippen LogP contribution is 2.16. The van der Waals surface area contributed by atoms with Crippen molar-refractivity contribution in [3.63, 3.8) is 0 Å². The van der Waals surface area contributed by atoms with Gasteiger partial charge < -0.3 is 10.2 Å². The van der Waals surface area contributed by atoms with Gasteiger partial charge in [0.15, 0.2) is 0 Å². The molecule has 4 heterocycles. The van der Waals surface area contributed by atoms with E-state index < -0.39 is 0 Å². The summed E-state index contributed by atoms with van der Waals surface area (Å²) in [7, 11) is 0. The molecule has 1 N–H and O–H groups in total. The van der Waals surface area contributed by atoms with Crippen molar-refractivity contribution < 1.29 is 4.79 Å². The summed E-state index contributed by atoms with van der Waals surface area (Å²) in [5.74, 6) is 0.599. The van der Waals surface area contributed by atoms with Crippen molar-refractivity contribution in [2.45, 2.75) is 32.7 Å². The summed E-state index contributed by atoms with van der Waals surface area (Å²) in [4.78, 5) is 28.3. The van der Waals surface area contributed by atoms with E-state index in [-0.39, 0.29) is 5.91 Å². The van der Waals surface area contributed by atoms with Crippen molar-refractivity contribution >= 4 is 17.5 Å². The van der Waals surface area contributed by atoms with Crippen molar-refractivity contribution in [2.75, 3.05) is 18.0 Å². The van der Waals surface area contributed by atoms with Crippen LogP contribution in [0.4, 0.5) is 5.95 Å². The van der Waals surface area contributed by atoms with Gasteiger partial charge in [0.2, 0.25) is 5.95 Å². The monoisotopic (exact) mass is 350 g/mol. The number of nitrogens with zero attached hydrogens (tertiary/aromatic N) is 5. The molecule has 0 aromatic carbocycles. The molecule has 1 saturated heterocycles. The maximum absolute atomic E-state index is 12.7. The van der Waals surface area contributed by atoms with Crippen LogP contribution in [-0.2, 0) is 6.54 Å². The number of piperidine rings is 1. The van der Waals surface area contributed by atoms with Crippen LogP contribution in [-0.4, -0.2) is 38.3 Å². The van der Waals surface area contributed by atoms with Gasteiger partial charge in [0.05, 0.1) is 17.9 Å². The molecule has 0 spiro atoms. The van der Waals surface area contributed by atoms with Crippen molar-refractivity contribution in [1.82, 2.24) is 24.7 Å². The Morgan fingerprint density at radius 1 is 1.15 bits per heavy atom. The first-order chi connectivity index (χ1) is 12.7. The summed E-state index contributed by atoms with van der Waals surface area (Å²) in [6.45, 7) is 4.20. The van der Waals surface area contributed by atoms with Gasteiger partial charge in [0.25, 0.3) is 5.91 Å². The van der Waals surface area contributed by atoms with E-state index in [4.69, 9.17) is 0 Å². The van der Waals surface area contributed by atoms with Gasteiger partial charge in [0.1, 0.15) is 11.3 Å². The van der Waals surface area contributed by atoms with Gasteiger partial charge in [-0.3, -0.25) is 9.20 Å². The normalized spacial score (nSPS) is 14.6. The minimum absolute atomic E-state index is 0.153. The highest BCUT2D eigenvalue weighted by atomic mass is 16.1. The van der Waals surface area contributed by atoms with Gasteiger partial charge >= 0.3 is 0 Å². The van der Waals surface area contributed by atoms with Crippen molar-refractivity contribution in [3.8, 4) is 0 Å². The maximum Gasteiger partial charge on any atom is 0.270 e. The second kappa shape index (κ2) is 7.11. The standard InChI is InChI=1S/C19H22N6O/c1-14-17(25-12-6-3-7-16(25)22-14)18(26)21-13-15-8-9-20-19(23-15)24-10-4-2-5-11-24/h3,6-9,12H,2,4-5,10-11,13H2,1H3,(H,21,26). The van der Waals surface area contributed by atoms with Crippen LogP contribution in [0.2, 0.25) is 0 Å². The van der Waals surface area contributed by atoms with E-state index in [1.54, 1.807) is 6.20 Å². The third-order valence-corrected chi connectivity index (χ3v) is 4.69. The minimum Gasteiger partial charge on any atom is -0.345 e. The van der Waals surface area contributed by atoms with Crippen LogP contribution in [0.3, 0.4) is 0 Å². The van der Waals surface area contributed by atoms with Crippen LogP contribution in [0.25, 0.3) is 5.65 Å². The number of aromatic nitrogens is 4. The van der Waals surface area contributed by atoms with Gasteiger partial charge in [-0.15, -0.1) is 0 Å². The number of fused-ring (bicyclic) bond motifs is 1. The number of carbonyl (C=O) groups is 1. The lowest BCUT2D eigenvalue weighted by Crippen LogP contribution is -2.31. The second-order valence-electron chi connectivity index (χ2n) is 6.55. The zero-order valence-corrected chi connectivity index (χ0v) is 14.9. The lowest BCUT2D eigenvalue weighted by molar-refractivity contribution is 0.0944. The number of amides is 1. The molecule has 7 heteroatoms. The Morgan fingerprint density at radius 2 is 2.00 bits per heavy atom. The maximum atomic E-state index is 12.7. The number of hydrogen-bond acceptors (Lipinski definition) is 5. The number of aryl methyl sites for hydroxylation is 1. The highest BCUT2D eigenvalue weighted by molar-refractivity contribution is 5.94.